The molecule has 0 saturated carbocycles. The molecule has 0 spiro atoms. The van der Waals surface area contributed by atoms with Gasteiger partial charge in [-0.05, 0) is 30.7 Å². The summed E-state index contributed by atoms with van der Waals surface area (Å²) < 4.78 is 26.3. The number of nitrogens with one attached hydrogen (secondary N) is 1. The quantitative estimate of drug-likeness (QED) is 0.899. The van der Waals surface area contributed by atoms with Crippen LogP contribution in [-0.2, 0) is 10.0 Å². The van der Waals surface area contributed by atoms with Crippen molar-refractivity contribution in [2.45, 2.75) is 11.8 Å². The van der Waals surface area contributed by atoms with Crippen LogP contribution in [0.25, 0.3) is 0 Å². The molecule has 0 unspecified atom stereocenters. The Morgan fingerprint density at radius 2 is 2.21 bits per heavy atom. The van der Waals surface area contributed by atoms with E-state index < -0.39 is 16.0 Å². The maximum Gasteiger partial charge on any atom is 0.346 e. The number of aromatic carboxylic acids is 1. The van der Waals surface area contributed by atoms with Gasteiger partial charge in [0, 0.05) is 12.4 Å². The molecule has 2 heterocycles. The fraction of sp³-hybridized carbons (Fsp3) is 0.0909. The maximum atomic E-state index is 12.0. The number of carbonyl (C=O) groups is 1. The highest BCUT2D eigenvalue weighted by Crippen LogP contribution is 2.28. The maximum absolute atomic E-state index is 12.0. The van der Waals surface area contributed by atoms with Gasteiger partial charge in [0.05, 0.1) is 0 Å². The number of nitrogens with zero attached hydrogens (tertiary/aromatic N) is 1. The number of pyridine rings is 1. The Morgan fingerprint density at radius 1 is 1.47 bits per heavy atom. The number of sulfonamides is 1. The van der Waals surface area contributed by atoms with E-state index >= 15 is 0 Å². The minimum absolute atomic E-state index is 0.0259. The summed E-state index contributed by atoms with van der Waals surface area (Å²) in [5.41, 5.74) is 0.515. The van der Waals surface area contributed by atoms with Crippen LogP contribution in [0.3, 0.4) is 0 Å². The van der Waals surface area contributed by atoms with Crippen molar-refractivity contribution in [1.29, 1.82) is 0 Å². The van der Waals surface area contributed by atoms with Gasteiger partial charge in [-0.1, -0.05) is 0 Å². The Kier molecular flexibility index (Phi) is 3.54. The third-order valence-electron chi connectivity index (χ3n) is 2.29. The van der Waals surface area contributed by atoms with E-state index in [-0.39, 0.29) is 14.8 Å². The molecule has 0 radical (unpaired) electrons. The van der Waals surface area contributed by atoms with Crippen LogP contribution in [-0.4, -0.2) is 24.5 Å². The molecule has 6 nitrogen and oxygen atoms in total. The van der Waals surface area contributed by atoms with Gasteiger partial charge in [0.2, 0.25) is 0 Å². The highest BCUT2D eigenvalue weighted by molar-refractivity contribution is 7.93. The predicted octanol–water partition coefficient (Wildman–Crippen LogP) is 1.95. The van der Waals surface area contributed by atoms with E-state index in [0.717, 1.165) is 11.3 Å². The molecule has 0 saturated heterocycles. The molecule has 2 aromatic rings. The van der Waals surface area contributed by atoms with Crippen molar-refractivity contribution in [2.75, 3.05) is 4.72 Å². The molecule has 0 aliphatic heterocycles. The van der Waals surface area contributed by atoms with Crippen LogP contribution in [0.15, 0.2) is 35.5 Å². The third-order valence-corrected chi connectivity index (χ3v) is 4.91. The first-order chi connectivity index (χ1) is 8.90. The minimum Gasteiger partial charge on any atom is -0.477 e. The smallest absolute Gasteiger partial charge is 0.346 e. The monoisotopic (exact) mass is 298 g/mol. The molecule has 0 aromatic carbocycles. The number of hydrogen-bond donors (Lipinski definition) is 2. The number of carboxylic acids is 1. The van der Waals surface area contributed by atoms with Crippen LogP contribution < -0.4 is 4.72 Å². The Morgan fingerprint density at radius 3 is 2.74 bits per heavy atom. The summed E-state index contributed by atoms with van der Waals surface area (Å²) in [6, 6.07) is 4.41. The van der Waals surface area contributed by atoms with Gasteiger partial charge in [-0.25, -0.2) is 13.2 Å². The van der Waals surface area contributed by atoms with Crippen molar-refractivity contribution < 1.29 is 18.3 Å². The van der Waals surface area contributed by atoms with Crippen molar-refractivity contribution >= 4 is 32.3 Å². The fourth-order valence-electron chi connectivity index (χ4n) is 1.44. The Balaban J connectivity index is 2.31. The van der Waals surface area contributed by atoms with Gasteiger partial charge >= 0.3 is 5.97 Å². The summed E-state index contributed by atoms with van der Waals surface area (Å²) in [4.78, 5) is 14.8. The van der Waals surface area contributed by atoms with Gasteiger partial charge in [-0.15, -0.1) is 11.3 Å². The Hall–Kier alpha value is -1.93. The standard InChI is InChI=1S/C11H10N2O4S2/c1-7-5-9(18-10(7)11(14)15)13-19(16,17)8-3-2-4-12-6-8/h2-6,13H,1H3,(H,14,15). The van der Waals surface area contributed by atoms with E-state index in [2.05, 4.69) is 9.71 Å². The van der Waals surface area contributed by atoms with Crippen LogP contribution >= 0.6 is 11.3 Å². The first-order valence-corrected chi connectivity index (χ1v) is 7.46. The van der Waals surface area contributed by atoms with E-state index in [1.807, 2.05) is 0 Å². The molecule has 2 rings (SSSR count). The van der Waals surface area contributed by atoms with Gasteiger partial charge in [0.15, 0.2) is 0 Å². The summed E-state index contributed by atoms with van der Waals surface area (Å²) in [7, 11) is -3.74. The summed E-state index contributed by atoms with van der Waals surface area (Å²) in [6.45, 7) is 1.61. The third kappa shape index (κ3) is 2.91. The lowest BCUT2D eigenvalue weighted by molar-refractivity contribution is 0.0701. The number of hydrogen-bond acceptors (Lipinski definition) is 5. The van der Waals surface area contributed by atoms with Gasteiger partial charge in [0.25, 0.3) is 10.0 Å². The van der Waals surface area contributed by atoms with Crippen molar-refractivity contribution in [3.63, 3.8) is 0 Å². The molecular weight excluding hydrogens is 288 g/mol. The summed E-state index contributed by atoms with van der Waals surface area (Å²) >= 11 is 0.879. The fourth-order valence-corrected chi connectivity index (χ4v) is 3.60. The molecule has 8 heteroatoms. The highest BCUT2D eigenvalue weighted by atomic mass is 32.2. The molecule has 0 amide bonds. The van der Waals surface area contributed by atoms with Crippen molar-refractivity contribution in [1.82, 2.24) is 4.98 Å². The molecule has 2 aromatic heterocycles. The number of aromatic nitrogens is 1. The molecule has 0 aliphatic carbocycles. The van der Waals surface area contributed by atoms with Gasteiger partial charge in [0.1, 0.15) is 14.8 Å². The zero-order valence-corrected chi connectivity index (χ0v) is 11.5. The SMILES string of the molecule is Cc1cc(NS(=O)(=O)c2cccnc2)sc1C(=O)O. The van der Waals surface area contributed by atoms with Crippen molar-refractivity contribution in [2.24, 2.45) is 0 Å². The highest BCUT2D eigenvalue weighted by Gasteiger charge is 2.18. The topological polar surface area (TPSA) is 96.4 Å². The van der Waals surface area contributed by atoms with Crippen LogP contribution in [0, 0.1) is 6.92 Å². The zero-order valence-electron chi connectivity index (χ0n) is 9.82. The van der Waals surface area contributed by atoms with Crippen molar-refractivity contribution in [3.05, 3.63) is 41.0 Å². The van der Waals surface area contributed by atoms with Crippen molar-refractivity contribution in [3.8, 4) is 0 Å². The number of anilines is 1. The number of carboxylic acid groups (broad SMARTS) is 1. The molecule has 0 fully saturated rings. The van der Waals surface area contributed by atoms with E-state index in [1.54, 1.807) is 6.92 Å². The average Bonchev–Trinajstić information content (AvgIpc) is 2.71. The Labute approximate surface area is 113 Å². The van der Waals surface area contributed by atoms with E-state index in [4.69, 9.17) is 5.11 Å². The second-order valence-corrected chi connectivity index (χ2v) is 6.46. The van der Waals surface area contributed by atoms with E-state index in [0.29, 0.717) is 5.56 Å². The van der Waals surface area contributed by atoms with Gasteiger partial charge in [-0.2, -0.15) is 0 Å². The summed E-state index contributed by atoms with van der Waals surface area (Å²) in [5.74, 6) is -1.07. The first-order valence-electron chi connectivity index (χ1n) is 5.17. The molecule has 2 N–H and O–H groups in total. The minimum atomic E-state index is -3.74. The number of aryl methyl sites for hydroxylation is 1. The van der Waals surface area contributed by atoms with E-state index in [1.165, 1.54) is 30.6 Å². The number of rotatable bonds is 4. The second-order valence-electron chi connectivity index (χ2n) is 3.72. The number of thiophene rings is 1. The van der Waals surface area contributed by atoms with Gasteiger partial charge in [-0.3, -0.25) is 9.71 Å². The normalized spacial score (nSPS) is 11.2. The molecule has 100 valence electrons. The van der Waals surface area contributed by atoms with Crippen LogP contribution in [0.2, 0.25) is 0 Å². The van der Waals surface area contributed by atoms with E-state index in [9.17, 15) is 13.2 Å². The lowest BCUT2D eigenvalue weighted by Gasteiger charge is -2.04. The van der Waals surface area contributed by atoms with Gasteiger partial charge < -0.3 is 5.11 Å². The molecule has 0 bridgehead atoms. The lowest BCUT2D eigenvalue weighted by atomic mass is 10.3. The predicted molar refractivity (Wildman–Crippen MR) is 71.1 cm³/mol. The summed E-state index contributed by atoms with van der Waals surface area (Å²) in [5, 5.41) is 9.18. The second kappa shape index (κ2) is 4.98. The average molecular weight is 298 g/mol. The molecule has 0 aliphatic rings. The molecule has 0 atom stereocenters. The first kappa shape index (κ1) is 13.5. The summed E-state index contributed by atoms with van der Waals surface area (Å²) in [6.07, 6.45) is 2.69. The van der Waals surface area contributed by atoms with Crippen LogP contribution in [0.5, 0.6) is 0 Å². The lowest BCUT2D eigenvalue weighted by Crippen LogP contribution is -2.12. The Bertz CT molecular complexity index is 708. The molecular formula is C11H10N2O4S2. The molecule has 19 heavy (non-hydrogen) atoms. The largest absolute Gasteiger partial charge is 0.477 e. The zero-order chi connectivity index (χ0) is 14.0. The van der Waals surface area contributed by atoms with Crippen LogP contribution in [0.4, 0.5) is 5.00 Å². The van der Waals surface area contributed by atoms with Crippen LogP contribution in [0.1, 0.15) is 15.2 Å².